The maximum Gasteiger partial charge on any atom is 0.123 e. The van der Waals surface area contributed by atoms with Crippen LogP contribution in [0.4, 0.5) is 4.39 Å². The molecule has 1 rings (SSSR count). The highest BCUT2D eigenvalue weighted by Gasteiger charge is 2.08. The number of ether oxygens (including phenoxy) is 1. The van der Waals surface area contributed by atoms with Crippen molar-refractivity contribution in [1.82, 2.24) is 0 Å². The van der Waals surface area contributed by atoms with Crippen LogP contribution in [0.1, 0.15) is 31.4 Å². The predicted molar refractivity (Wildman–Crippen MR) is 62.0 cm³/mol. The van der Waals surface area contributed by atoms with Gasteiger partial charge in [0, 0.05) is 5.56 Å². The molecule has 4 heteroatoms. The zero-order valence-corrected chi connectivity index (χ0v) is 9.59. The molecule has 1 aromatic carbocycles. The molecule has 0 aliphatic carbocycles. The average Bonchev–Trinajstić information content (AvgIpc) is 2.26. The number of rotatable bonds is 5. The van der Waals surface area contributed by atoms with E-state index in [9.17, 15) is 4.39 Å². The SMILES string of the molecule is CCC(C)OCc1ccc(F)cc1C(=N)N. The number of amidine groups is 1. The number of halogens is 1. The lowest BCUT2D eigenvalue weighted by atomic mass is 10.1. The van der Waals surface area contributed by atoms with Gasteiger partial charge in [-0.2, -0.15) is 0 Å². The first kappa shape index (κ1) is 12.6. The van der Waals surface area contributed by atoms with Gasteiger partial charge < -0.3 is 10.5 Å². The fraction of sp³-hybridized carbons (Fsp3) is 0.417. The highest BCUT2D eigenvalue weighted by atomic mass is 19.1. The van der Waals surface area contributed by atoms with Crippen molar-refractivity contribution < 1.29 is 9.13 Å². The monoisotopic (exact) mass is 224 g/mol. The summed E-state index contributed by atoms with van der Waals surface area (Å²) in [5, 5.41) is 7.36. The van der Waals surface area contributed by atoms with Crippen molar-refractivity contribution in [2.24, 2.45) is 5.73 Å². The largest absolute Gasteiger partial charge is 0.384 e. The van der Waals surface area contributed by atoms with Gasteiger partial charge in [-0.3, -0.25) is 5.41 Å². The van der Waals surface area contributed by atoms with Crippen LogP contribution >= 0.6 is 0 Å². The third kappa shape index (κ3) is 3.31. The van der Waals surface area contributed by atoms with Crippen molar-refractivity contribution in [3.05, 3.63) is 35.1 Å². The van der Waals surface area contributed by atoms with E-state index in [1.54, 1.807) is 6.07 Å². The molecule has 88 valence electrons. The van der Waals surface area contributed by atoms with Crippen LogP contribution in [0.2, 0.25) is 0 Å². The summed E-state index contributed by atoms with van der Waals surface area (Å²) >= 11 is 0. The van der Waals surface area contributed by atoms with E-state index in [1.807, 2.05) is 13.8 Å². The topological polar surface area (TPSA) is 59.1 Å². The summed E-state index contributed by atoms with van der Waals surface area (Å²) in [6.07, 6.45) is 1.06. The molecule has 0 aliphatic rings. The van der Waals surface area contributed by atoms with Crippen LogP contribution in [0, 0.1) is 11.2 Å². The van der Waals surface area contributed by atoms with Crippen molar-refractivity contribution in [3.8, 4) is 0 Å². The highest BCUT2D eigenvalue weighted by molar-refractivity contribution is 5.96. The molecule has 1 aromatic rings. The summed E-state index contributed by atoms with van der Waals surface area (Å²) in [6.45, 7) is 4.35. The summed E-state index contributed by atoms with van der Waals surface area (Å²) in [7, 11) is 0. The quantitative estimate of drug-likeness (QED) is 0.596. The lowest BCUT2D eigenvalue weighted by molar-refractivity contribution is 0.0507. The minimum atomic E-state index is -0.391. The smallest absolute Gasteiger partial charge is 0.123 e. The molecule has 3 N–H and O–H groups in total. The van der Waals surface area contributed by atoms with E-state index in [0.717, 1.165) is 12.0 Å². The first-order chi connectivity index (χ1) is 7.54. The van der Waals surface area contributed by atoms with E-state index >= 15 is 0 Å². The van der Waals surface area contributed by atoms with Gasteiger partial charge >= 0.3 is 0 Å². The molecule has 0 aromatic heterocycles. The van der Waals surface area contributed by atoms with Gasteiger partial charge in [-0.15, -0.1) is 0 Å². The maximum absolute atomic E-state index is 13.0. The number of nitrogens with one attached hydrogen (secondary N) is 1. The van der Waals surface area contributed by atoms with Crippen molar-refractivity contribution in [2.45, 2.75) is 33.0 Å². The van der Waals surface area contributed by atoms with Gasteiger partial charge in [-0.05, 0) is 31.0 Å². The van der Waals surface area contributed by atoms with E-state index in [0.29, 0.717) is 12.2 Å². The van der Waals surface area contributed by atoms with Crippen molar-refractivity contribution in [2.75, 3.05) is 0 Å². The van der Waals surface area contributed by atoms with Gasteiger partial charge in [0.1, 0.15) is 11.7 Å². The van der Waals surface area contributed by atoms with E-state index in [2.05, 4.69) is 0 Å². The summed E-state index contributed by atoms with van der Waals surface area (Å²) in [5.41, 5.74) is 6.53. The van der Waals surface area contributed by atoms with Crippen LogP contribution in [-0.4, -0.2) is 11.9 Å². The minimum Gasteiger partial charge on any atom is -0.384 e. The van der Waals surface area contributed by atoms with Gasteiger partial charge in [0.05, 0.1) is 12.7 Å². The Labute approximate surface area is 94.9 Å². The van der Waals surface area contributed by atoms with E-state index < -0.39 is 5.82 Å². The zero-order valence-electron chi connectivity index (χ0n) is 9.59. The third-order valence-corrected chi connectivity index (χ3v) is 2.46. The zero-order chi connectivity index (χ0) is 12.1. The first-order valence-electron chi connectivity index (χ1n) is 5.29. The van der Waals surface area contributed by atoms with Crippen LogP contribution in [0.3, 0.4) is 0 Å². The van der Waals surface area contributed by atoms with Crippen LogP contribution in [0.15, 0.2) is 18.2 Å². The average molecular weight is 224 g/mol. The molecule has 0 fully saturated rings. The Hall–Kier alpha value is -1.42. The second kappa shape index (κ2) is 5.61. The third-order valence-electron chi connectivity index (χ3n) is 2.46. The molecular weight excluding hydrogens is 207 g/mol. The number of benzene rings is 1. The number of hydrogen-bond acceptors (Lipinski definition) is 2. The maximum atomic E-state index is 13.0. The molecule has 3 nitrogen and oxygen atoms in total. The molecule has 0 saturated heterocycles. The Kier molecular flexibility index (Phi) is 4.43. The Bertz CT molecular complexity index is 379. The highest BCUT2D eigenvalue weighted by Crippen LogP contribution is 2.13. The Morgan fingerprint density at radius 3 is 2.81 bits per heavy atom. The number of nitrogens with two attached hydrogens (primary N) is 1. The summed E-state index contributed by atoms with van der Waals surface area (Å²) in [6, 6.07) is 4.22. The molecule has 0 spiro atoms. The Balaban J connectivity index is 2.82. The van der Waals surface area contributed by atoms with Gasteiger partial charge in [0.15, 0.2) is 0 Å². The Morgan fingerprint density at radius 2 is 2.25 bits per heavy atom. The van der Waals surface area contributed by atoms with E-state index in [1.165, 1.54) is 12.1 Å². The molecule has 0 bridgehead atoms. The molecule has 0 radical (unpaired) electrons. The standard InChI is InChI=1S/C12H17FN2O/c1-3-8(2)16-7-9-4-5-10(13)6-11(9)12(14)15/h4-6,8H,3,7H2,1-2H3,(H3,14,15). The van der Waals surface area contributed by atoms with Crippen molar-refractivity contribution >= 4 is 5.84 Å². The molecule has 1 unspecified atom stereocenters. The summed E-state index contributed by atoms with van der Waals surface area (Å²) in [5.74, 6) is -0.528. The molecule has 1 atom stereocenters. The van der Waals surface area contributed by atoms with Gasteiger partial charge in [-0.1, -0.05) is 13.0 Å². The number of hydrogen-bond donors (Lipinski definition) is 2. The fourth-order valence-electron chi connectivity index (χ4n) is 1.28. The summed E-state index contributed by atoms with van der Waals surface area (Å²) in [4.78, 5) is 0. The lowest BCUT2D eigenvalue weighted by Crippen LogP contribution is -2.16. The van der Waals surface area contributed by atoms with Gasteiger partial charge in [0.2, 0.25) is 0 Å². The second-order valence-electron chi connectivity index (χ2n) is 3.75. The van der Waals surface area contributed by atoms with Crippen LogP contribution < -0.4 is 5.73 Å². The van der Waals surface area contributed by atoms with Crippen molar-refractivity contribution in [3.63, 3.8) is 0 Å². The number of nitrogen functional groups attached to an aromatic ring is 1. The normalized spacial score (nSPS) is 12.4. The van der Waals surface area contributed by atoms with Gasteiger partial charge in [-0.25, -0.2) is 4.39 Å². The fourth-order valence-corrected chi connectivity index (χ4v) is 1.28. The lowest BCUT2D eigenvalue weighted by Gasteiger charge is -2.13. The van der Waals surface area contributed by atoms with Crippen LogP contribution in [0.25, 0.3) is 0 Å². The molecule has 0 saturated carbocycles. The van der Waals surface area contributed by atoms with E-state index in [-0.39, 0.29) is 11.9 Å². The van der Waals surface area contributed by atoms with Crippen molar-refractivity contribution in [1.29, 1.82) is 5.41 Å². The molecule has 0 amide bonds. The Morgan fingerprint density at radius 1 is 1.56 bits per heavy atom. The van der Waals surface area contributed by atoms with E-state index in [4.69, 9.17) is 15.9 Å². The molecule has 16 heavy (non-hydrogen) atoms. The predicted octanol–water partition coefficient (Wildman–Crippen LogP) is 2.42. The minimum absolute atomic E-state index is 0.137. The molecule has 0 aliphatic heterocycles. The van der Waals surface area contributed by atoms with Gasteiger partial charge in [0.25, 0.3) is 0 Å². The van der Waals surface area contributed by atoms with Crippen LogP contribution in [-0.2, 0) is 11.3 Å². The first-order valence-corrected chi connectivity index (χ1v) is 5.29. The van der Waals surface area contributed by atoms with Crippen LogP contribution in [0.5, 0.6) is 0 Å². The second-order valence-corrected chi connectivity index (χ2v) is 3.75. The summed E-state index contributed by atoms with van der Waals surface area (Å²) < 4.78 is 18.5. The molecular formula is C12H17FN2O. The molecule has 0 heterocycles.